The molecule has 118 valence electrons. The molecule has 3 rings (SSSR count). The molecule has 0 saturated heterocycles. The molecule has 0 saturated carbocycles. The van der Waals surface area contributed by atoms with Crippen molar-refractivity contribution < 1.29 is 19.1 Å². The van der Waals surface area contributed by atoms with E-state index in [1.807, 2.05) is 6.07 Å². The van der Waals surface area contributed by atoms with E-state index in [0.29, 0.717) is 22.9 Å². The SMILES string of the molecule is COc1cccc(NC(=O)CC2Nc3ccccc3OC2=O)c1. The first-order chi connectivity index (χ1) is 11.2. The number of para-hydroxylation sites is 2. The monoisotopic (exact) mass is 312 g/mol. The lowest BCUT2D eigenvalue weighted by molar-refractivity contribution is -0.137. The Morgan fingerprint density at radius 2 is 2.09 bits per heavy atom. The van der Waals surface area contributed by atoms with Gasteiger partial charge in [0.05, 0.1) is 19.2 Å². The van der Waals surface area contributed by atoms with E-state index in [0.717, 1.165) is 0 Å². The summed E-state index contributed by atoms with van der Waals surface area (Å²) in [6, 6.07) is 13.4. The Balaban J connectivity index is 1.65. The van der Waals surface area contributed by atoms with Crippen molar-refractivity contribution in [2.45, 2.75) is 12.5 Å². The maximum Gasteiger partial charge on any atom is 0.334 e. The predicted octanol–water partition coefficient (Wildman–Crippen LogP) is 2.42. The van der Waals surface area contributed by atoms with Crippen LogP contribution in [0.5, 0.6) is 11.5 Å². The van der Waals surface area contributed by atoms with Crippen molar-refractivity contribution in [2.24, 2.45) is 0 Å². The molecule has 1 aliphatic heterocycles. The molecule has 1 unspecified atom stereocenters. The molecular weight excluding hydrogens is 296 g/mol. The van der Waals surface area contributed by atoms with E-state index in [1.165, 1.54) is 0 Å². The van der Waals surface area contributed by atoms with E-state index in [1.54, 1.807) is 49.6 Å². The highest BCUT2D eigenvalue weighted by molar-refractivity contribution is 5.97. The molecule has 0 fully saturated rings. The van der Waals surface area contributed by atoms with Crippen LogP contribution in [-0.4, -0.2) is 25.0 Å². The fraction of sp³-hybridized carbons (Fsp3) is 0.176. The Morgan fingerprint density at radius 3 is 2.91 bits per heavy atom. The number of carbonyl (C=O) groups excluding carboxylic acids is 2. The summed E-state index contributed by atoms with van der Waals surface area (Å²) in [5.74, 6) is 0.366. The van der Waals surface area contributed by atoms with E-state index >= 15 is 0 Å². The molecular formula is C17H16N2O4. The van der Waals surface area contributed by atoms with Gasteiger partial charge >= 0.3 is 5.97 Å². The fourth-order valence-electron chi connectivity index (χ4n) is 2.33. The second-order valence-corrected chi connectivity index (χ2v) is 5.10. The molecule has 0 spiro atoms. The summed E-state index contributed by atoms with van der Waals surface area (Å²) in [4.78, 5) is 24.1. The van der Waals surface area contributed by atoms with Gasteiger partial charge in [-0.25, -0.2) is 4.79 Å². The van der Waals surface area contributed by atoms with Gasteiger partial charge in [0, 0.05) is 11.8 Å². The molecule has 0 aromatic heterocycles. The second kappa shape index (κ2) is 6.39. The average molecular weight is 312 g/mol. The van der Waals surface area contributed by atoms with Crippen LogP contribution < -0.4 is 20.1 Å². The van der Waals surface area contributed by atoms with Crippen molar-refractivity contribution in [2.75, 3.05) is 17.7 Å². The number of nitrogens with one attached hydrogen (secondary N) is 2. The summed E-state index contributed by atoms with van der Waals surface area (Å²) < 4.78 is 10.3. The summed E-state index contributed by atoms with van der Waals surface area (Å²) >= 11 is 0. The Kier molecular flexibility index (Phi) is 4.14. The third-order valence-corrected chi connectivity index (χ3v) is 3.45. The van der Waals surface area contributed by atoms with Gasteiger partial charge in [-0.05, 0) is 24.3 Å². The predicted molar refractivity (Wildman–Crippen MR) is 85.7 cm³/mol. The number of ether oxygens (including phenoxy) is 2. The smallest absolute Gasteiger partial charge is 0.334 e. The number of esters is 1. The maximum absolute atomic E-state index is 12.1. The summed E-state index contributed by atoms with van der Waals surface area (Å²) in [5.41, 5.74) is 1.31. The zero-order valence-corrected chi connectivity index (χ0v) is 12.5. The van der Waals surface area contributed by atoms with Crippen LogP contribution in [0, 0.1) is 0 Å². The molecule has 0 radical (unpaired) electrons. The number of anilines is 2. The van der Waals surface area contributed by atoms with Crippen molar-refractivity contribution in [1.82, 2.24) is 0 Å². The van der Waals surface area contributed by atoms with Gasteiger partial charge in [0.1, 0.15) is 11.8 Å². The van der Waals surface area contributed by atoms with Gasteiger partial charge in [-0.2, -0.15) is 0 Å². The highest BCUT2D eigenvalue weighted by Crippen LogP contribution is 2.29. The lowest BCUT2D eigenvalue weighted by Gasteiger charge is -2.25. The second-order valence-electron chi connectivity index (χ2n) is 5.10. The number of methoxy groups -OCH3 is 1. The lowest BCUT2D eigenvalue weighted by Crippen LogP contribution is -2.39. The van der Waals surface area contributed by atoms with Crippen molar-refractivity contribution in [3.63, 3.8) is 0 Å². The minimum atomic E-state index is -0.712. The number of hydrogen-bond donors (Lipinski definition) is 2. The van der Waals surface area contributed by atoms with Crippen LogP contribution in [0.25, 0.3) is 0 Å². The quantitative estimate of drug-likeness (QED) is 0.670. The third-order valence-electron chi connectivity index (χ3n) is 3.45. The number of amides is 1. The molecule has 2 aromatic rings. The van der Waals surface area contributed by atoms with Crippen LogP contribution in [0.4, 0.5) is 11.4 Å². The zero-order chi connectivity index (χ0) is 16.2. The average Bonchev–Trinajstić information content (AvgIpc) is 2.55. The Bertz CT molecular complexity index is 745. The molecule has 1 atom stereocenters. The zero-order valence-electron chi connectivity index (χ0n) is 12.5. The molecule has 6 nitrogen and oxygen atoms in total. The minimum absolute atomic E-state index is 0.0234. The maximum atomic E-state index is 12.1. The van der Waals surface area contributed by atoms with Gasteiger partial charge in [0.25, 0.3) is 0 Å². The largest absolute Gasteiger partial charge is 0.497 e. The van der Waals surface area contributed by atoms with Crippen molar-refractivity contribution in [3.8, 4) is 11.5 Å². The summed E-state index contributed by atoms with van der Waals surface area (Å²) in [6.45, 7) is 0. The van der Waals surface area contributed by atoms with E-state index in [-0.39, 0.29) is 12.3 Å². The first-order valence-electron chi connectivity index (χ1n) is 7.17. The molecule has 23 heavy (non-hydrogen) atoms. The summed E-state index contributed by atoms with van der Waals surface area (Å²) in [5, 5.41) is 5.77. The standard InChI is InChI=1S/C17H16N2O4/c1-22-12-6-4-5-11(9-12)18-16(20)10-14-17(21)23-15-8-3-2-7-13(15)19-14/h2-9,14,19H,10H2,1H3,(H,18,20). The molecule has 2 aromatic carbocycles. The Labute approximate surface area is 133 Å². The highest BCUT2D eigenvalue weighted by Gasteiger charge is 2.29. The van der Waals surface area contributed by atoms with Gasteiger partial charge in [-0.3, -0.25) is 4.79 Å². The van der Waals surface area contributed by atoms with Crippen LogP contribution in [0.15, 0.2) is 48.5 Å². The van der Waals surface area contributed by atoms with Gasteiger partial charge in [-0.15, -0.1) is 0 Å². The number of fused-ring (bicyclic) bond motifs is 1. The molecule has 0 bridgehead atoms. The van der Waals surface area contributed by atoms with Crippen molar-refractivity contribution in [3.05, 3.63) is 48.5 Å². The number of benzene rings is 2. The van der Waals surface area contributed by atoms with E-state index < -0.39 is 12.0 Å². The van der Waals surface area contributed by atoms with Crippen LogP contribution >= 0.6 is 0 Å². The highest BCUT2D eigenvalue weighted by atomic mass is 16.5. The molecule has 1 amide bonds. The minimum Gasteiger partial charge on any atom is -0.497 e. The molecule has 2 N–H and O–H groups in total. The Morgan fingerprint density at radius 1 is 1.26 bits per heavy atom. The van der Waals surface area contributed by atoms with Crippen molar-refractivity contribution >= 4 is 23.3 Å². The number of carbonyl (C=O) groups is 2. The van der Waals surface area contributed by atoms with E-state index in [4.69, 9.17) is 9.47 Å². The van der Waals surface area contributed by atoms with Crippen LogP contribution in [0.2, 0.25) is 0 Å². The lowest BCUT2D eigenvalue weighted by atomic mass is 10.1. The Hall–Kier alpha value is -3.02. The molecule has 0 aliphatic carbocycles. The van der Waals surface area contributed by atoms with Crippen LogP contribution in [0.1, 0.15) is 6.42 Å². The van der Waals surface area contributed by atoms with Crippen molar-refractivity contribution in [1.29, 1.82) is 0 Å². The first-order valence-corrected chi connectivity index (χ1v) is 7.17. The van der Waals surface area contributed by atoms with Gasteiger partial charge in [-0.1, -0.05) is 18.2 Å². The number of hydrogen-bond acceptors (Lipinski definition) is 5. The van der Waals surface area contributed by atoms with Gasteiger partial charge < -0.3 is 20.1 Å². The van der Waals surface area contributed by atoms with Crippen LogP contribution in [0.3, 0.4) is 0 Å². The summed E-state index contributed by atoms with van der Waals surface area (Å²) in [7, 11) is 1.56. The molecule has 6 heteroatoms. The molecule has 1 aliphatic rings. The first kappa shape index (κ1) is 14.9. The normalized spacial score (nSPS) is 15.9. The topological polar surface area (TPSA) is 76.7 Å². The molecule has 1 heterocycles. The van der Waals surface area contributed by atoms with E-state index in [2.05, 4.69) is 10.6 Å². The third kappa shape index (κ3) is 3.42. The van der Waals surface area contributed by atoms with Gasteiger partial charge in [0.15, 0.2) is 5.75 Å². The van der Waals surface area contributed by atoms with Crippen LogP contribution in [-0.2, 0) is 9.59 Å². The van der Waals surface area contributed by atoms with E-state index in [9.17, 15) is 9.59 Å². The number of rotatable bonds is 4. The fourth-order valence-corrected chi connectivity index (χ4v) is 2.33. The van der Waals surface area contributed by atoms with Gasteiger partial charge in [0.2, 0.25) is 5.91 Å². The summed E-state index contributed by atoms with van der Waals surface area (Å²) in [6.07, 6.45) is -0.0234.